The van der Waals surface area contributed by atoms with Crippen LogP contribution in [0.25, 0.3) is 0 Å². The number of aliphatic hydroxyl groups is 1. The summed E-state index contributed by atoms with van der Waals surface area (Å²) in [6.45, 7) is 11.3. The Labute approximate surface area is 247 Å². The summed E-state index contributed by atoms with van der Waals surface area (Å²) in [6.07, 6.45) is 0.277. The molecule has 1 unspecified atom stereocenters. The van der Waals surface area contributed by atoms with Crippen LogP contribution in [-0.2, 0) is 30.5 Å². The third-order valence-electron chi connectivity index (χ3n) is 6.08. The summed E-state index contributed by atoms with van der Waals surface area (Å²) in [5.74, 6) is -2.97. The largest absolute Gasteiger partial charge is 0.391 e. The van der Waals surface area contributed by atoms with Crippen LogP contribution >= 0.6 is 0 Å². The second kappa shape index (κ2) is 16.6. The maximum atomic E-state index is 14.3. The number of benzene rings is 1. The van der Waals surface area contributed by atoms with Crippen LogP contribution in [-0.4, -0.2) is 78.6 Å². The third kappa shape index (κ3) is 12.0. The van der Waals surface area contributed by atoms with E-state index in [1.807, 2.05) is 19.9 Å². The Morgan fingerprint density at radius 2 is 1.79 bits per heavy atom. The van der Waals surface area contributed by atoms with Crippen LogP contribution in [0, 0.1) is 35.4 Å². The number of ether oxygens (including phenoxy) is 1. The zero-order valence-electron chi connectivity index (χ0n) is 25.7. The Kier molecular flexibility index (Phi) is 14.3. The molecule has 12 heteroatoms. The van der Waals surface area contributed by atoms with Gasteiger partial charge in [0.05, 0.1) is 19.3 Å². The van der Waals surface area contributed by atoms with Crippen molar-refractivity contribution in [1.82, 2.24) is 20.9 Å². The summed E-state index contributed by atoms with van der Waals surface area (Å²) < 4.78 is 19.9. The molecule has 11 nitrogen and oxygen atoms in total. The lowest BCUT2D eigenvalue weighted by Gasteiger charge is -2.27. The molecule has 0 aromatic heterocycles. The highest BCUT2D eigenvalue weighted by atomic mass is 19.1. The second-order valence-electron chi connectivity index (χ2n) is 11.6. The van der Waals surface area contributed by atoms with Crippen LogP contribution in [0.3, 0.4) is 0 Å². The Balaban J connectivity index is 3.00. The van der Waals surface area contributed by atoms with Gasteiger partial charge in [-0.15, -0.1) is 0 Å². The number of nitrogens with one attached hydrogen (secondary N) is 3. The molecule has 0 aliphatic heterocycles. The quantitative estimate of drug-likeness (QED) is 0.146. The van der Waals surface area contributed by atoms with Crippen LogP contribution in [0.4, 0.5) is 4.39 Å². The van der Waals surface area contributed by atoms with E-state index < -0.39 is 53.0 Å². The Hall–Kier alpha value is -3.82. The van der Waals surface area contributed by atoms with E-state index in [0.29, 0.717) is 5.56 Å². The van der Waals surface area contributed by atoms with Gasteiger partial charge in [0.2, 0.25) is 17.7 Å². The summed E-state index contributed by atoms with van der Waals surface area (Å²) in [5, 5.41) is 27.0. The van der Waals surface area contributed by atoms with Gasteiger partial charge in [-0.25, -0.2) is 4.39 Å². The molecule has 1 aromatic rings. The van der Waals surface area contributed by atoms with Gasteiger partial charge in [-0.05, 0) is 31.4 Å². The summed E-state index contributed by atoms with van der Waals surface area (Å²) >= 11 is 0. The monoisotopic (exact) mass is 589 g/mol. The molecule has 1 rings (SSSR count). The van der Waals surface area contributed by atoms with E-state index in [1.54, 1.807) is 39.8 Å². The minimum Gasteiger partial charge on any atom is -0.391 e. The van der Waals surface area contributed by atoms with Crippen molar-refractivity contribution >= 4 is 23.6 Å². The van der Waals surface area contributed by atoms with Crippen molar-refractivity contribution in [2.24, 2.45) is 11.3 Å². The summed E-state index contributed by atoms with van der Waals surface area (Å²) in [5.41, 5.74) is 0.113. The van der Waals surface area contributed by atoms with Gasteiger partial charge in [0, 0.05) is 31.1 Å². The number of hydrogen-bond acceptors (Lipinski definition) is 7. The number of nitrogens with zero attached hydrogens (tertiary/aromatic N) is 2. The number of amides is 4. The zero-order valence-corrected chi connectivity index (χ0v) is 25.7. The van der Waals surface area contributed by atoms with E-state index in [1.165, 1.54) is 31.0 Å². The molecule has 4 N–H and O–H groups in total. The van der Waals surface area contributed by atoms with E-state index >= 15 is 0 Å². The van der Waals surface area contributed by atoms with Crippen LogP contribution in [0.1, 0.15) is 52.7 Å². The minimum absolute atomic E-state index is 0.00169. The van der Waals surface area contributed by atoms with Gasteiger partial charge in [-0.3, -0.25) is 19.2 Å². The lowest BCUT2D eigenvalue weighted by atomic mass is 9.94. The predicted octanol–water partition coefficient (Wildman–Crippen LogP) is 1.73. The van der Waals surface area contributed by atoms with E-state index in [0.717, 1.165) is 0 Å². The maximum absolute atomic E-state index is 14.3. The molecule has 0 fully saturated rings. The minimum atomic E-state index is -1.36. The molecule has 0 saturated heterocycles. The molecule has 0 spiro atoms. The van der Waals surface area contributed by atoms with Crippen molar-refractivity contribution in [3.05, 3.63) is 46.8 Å². The summed E-state index contributed by atoms with van der Waals surface area (Å²) in [4.78, 5) is 52.5. The number of rotatable bonds is 14. The van der Waals surface area contributed by atoms with Gasteiger partial charge in [0.25, 0.3) is 5.91 Å². The van der Waals surface area contributed by atoms with E-state index in [-0.39, 0.29) is 43.4 Å². The molecule has 0 saturated carbocycles. The van der Waals surface area contributed by atoms with Crippen molar-refractivity contribution in [2.75, 3.05) is 26.8 Å². The number of aliphatic hydroxyl groups excluding tert-OH is 1. The molecule has 0 bridgehead atoms. The first-order chi connectivity index (χ1) is 19.5. The topological polar surface area (TPSA) is 161 Å². The molecule has 4 amide bonds. The first kappa shape index (κ1) is 36.2. The molecule has 0 heterocycles. The number of carbonyl (C=O) groups is 4. The van der Waals surface area contributed by atoms with E-state index in [4.69, 9.17) is 4.74 Å². The van der Waals surface area contributed by atoms with Crippen molar-refractivity contribution in [3.63, 3.8) is 0 Å². The van der Waals surface area contributed by atoms with E-state index in [9.17, 15) is 33.9 Å². The molecule has 232 valence electrons. The number of allylic oxidation sites excluding steroid dienone is 1. The average molecular weight is 590 g/mol. The van der Waals surface area contributed by atoms with Crippen LogP contribution in [0.5, 0.6) is 0 Å². The highest BCUT2D eigenvalue weighted by molar-refractivity contribution is 5.97. The summed E-state index contributed by atoms with van der Waals surface area (Å²) in [7, 11) is 1.50. The third-order valence-corrected chi connectivity index (χ3v) is 6.08. The smallest absolute Gasteiger partial charge is 0.264 e. The van der Waals surface area contributed by atoms with Crippen LogP contribution < -0.4 is 16.0 Å². The standard InChI is InChI=1S/C30H44FN5O6/c1-18(2)13-22(15-32)28(40)36(8)11-12-42-17-24(26(38)33-16-21-10-9-19(3)14-23(21)31)34-27(39)25(20(4)37)35-29(41)30(5,6)7/h9-10,13-14,18,20,24-25,37H,11-12,16-17H2,1-8H3,(H,33,38)(H,34,39)(H,35,41)/t20-,24?,25+/m1/s1. The number of nitriles is 1. The van der Waals surface area contributed by atoms with Gasteiger partial charge in [-0.1, -0.05) is 52.8 Å². The maximum Gasteiger partial charge on any atom is 0.264 e. The predicted molar refractivity (Wildman–Crippen MR) is 155 cm³/mol. The van der Waals surface area contributed by atoms with Crippen molar-refractivity contribution in [1.29, 1.82) is 5.26 Å². The number of carbonyl (C=O) groups excluding carboxylic acids is 4. The lowest BCUT2D eigenvalue weighted by molar-refractivity contribution is -0.137. The first-order valence-corrected chi connectivity index (χ1v) is 13.7. The van der Waals surface area contributed by atoms with Crippen LogP contribution in [0.2, 0.25) is 0 Å². The van der Waals surface area contributed by atoms with Crippen LogP contribution in [0.15, 0.2) is 29.8 Å². The highest BCUT2D eigenvalue weighted by Gasteiger charge is 2.33. The Morgan fingerprint density at radius 1 is 1.14 bits per heavy atom. The second-order valence-corrected chi connectivity index (χ2v) is 11.6. The number of likely N-dealkylation sites (N-methyl/N-ethyl adjacent to an activating group) is 1. The fourth-order valence-electron chi connectivity index (χ4n) is 3.51. The van der Waals surface area contributed by atoms with Crippen molar-refractivity contribution < 1.29 is 33.4 Å². The molecule has 0 radical (unpaired) electrons. The lowest BCUT2D eigenvalue weighted by Crippen LogP contribution is -2.59. The normalized spacial score (nSPS) is 13.9. The van der Waals surface area contributed by atoms with Gasteiger partial charge < -0.3 is 30.7 Å². The summed E-state index contributed by atoms with van der Waals surface area (Å²) in [6, 6.07) is 3.82. The van der Waals surface area contributed by atoms with Gasteiger partial charge >= 0.3 is 0 Å². The average Bonchev–Trinajstić information content (AvgIpc) is 2.89. The molecular weight excluding hydrogens is 545 g/mol. The highest BCUT2D eigenvalue weighted by Crippen LogP contribution is 2.14. The first-order valence-electron chi connectivity index (χ1n) is 13.7. The molecule has 1 aromatic carbocycles. The Bertz CT molecular complexity index is 1190. The zero-order chi connectivity index (χ0) is 32.2. The Morgan fingerprint density at radius 3 is 2.31 bits per heavy atom. The van der Waals surface area contributed by atoms with Crippen molar-refractivity contribution in [3.8, 4) is 6.07 Å². The van der Waals surface area contributed by atoms with Crippen molar-refractivity contribution in [2.45, 2.75) is 73.2 Å². The molecule has 0 aliphatic rings. The number of aryl methyl sites for hydroxylation is 1. The molecule has 42 heavy (non-hydrogen) atoms. The van der Waals surface area contributed by atoms with Gasteiger partial charge in [-0.2, -0.15) is 5.26 Å². The molecule has 3 atom stereocenters. The fourth-order valence-corrected chi connectivity index (χ4v) is 3.51. The fraction of sp³-hybridized carbons (Fsp3) is 0.567. The SMILES string of the molecule is Cc1ccc(CNC(=O)C(COCCN(C)C(=O)C(C#N)=CC(C)C)NC(=O)[C@@H](NC(=O)C(C)(C)C)[C@@H](C)O)c(F)c1. The van der Waals surface area contributed by atoms with Gasteiger partial charge in [0.1, 0.15) is 29.5 Å². The van der Waals surface area contributed by atoms with E-state index in [2.05, 4.69) is 16.0 Å². The van der Waals surface area contributed by atoms with Gasteiger partial charge in [0.15, 0.2) is 0 Å². The number of hydrogen-bond donors (Lipinski definition) is 4. The molecule has 0 aliphatic carbocycles. The number of halogens is 1. The molecular formula is C30H44FN5O6.